The highest BCUT2D eigenvalue weighted by molar-refractivity contribution is 6.88. The summed E-state index contributed by atoms with van der Waals surface area (Å²) < 4.78 is 32.0. The molecule has 0 aliphatic carbocycles. The van der Waals surface area contributed by atoms with Crippen molar-refractivity contribution in [2.75, 3.05) is 0 Å². The molecule has 2 nitrogen and oxygen atoms in total. The molecule has 6 heteroatoms. The fourth-order valence-corrected chi connectivity index (χ4v) is 8.24. The molecule has 0 saturated carbocycles. The number of halogens is 2. The lowest BCUT2D eigenvalue weighted by Gasteiger charge is -2.49. The van der Waals surface area contributed by atoms with Crippen LogP contribution >= 0.6 is 0 Å². The molecule has 0 N–H and O–H groups in total. The SMILES string of the molecule is C/C(=N\N([Si](C)(C)C(C)(C)C)[Si](F)(F)C(C)(C)C)C(C)(C)C. The summed E-state index contributed by atoms with van der Waals surface area (Å²) in [5.74, 6) is 0. The fraction of sp³-hybridized carbons (Fsp3) is 0.938. The highest BCUT2D eigenvalue weighted by atomic mass is 28.5. The van der Waals surface area contributed by atoms with E-state index >= 15 is 8.22 Å². The van der Waals surface area contributed by atoms with Gasteiger partial charge in [0, 0.05) is 16.2 Å². The van der Waals surface area contributed by atoms with E-state index in [0.29, 0.717) is 0 Å². The monoisotopic (exact) mass is 350 g/mol. The normalized spacial score (nSPS) is 16.0. The second kappa shape index (κ2) is 6.00. The predicted molar refractivity (Wildman–Crippen MR) is 99.3 cm³/mol. The maximum absolute atomic E-state index is 15.4. The minimum Gasteiger partial charge on any atom is -0.297 e. The fourth-order valence-electron chi connectivity index (χ4n) is 1.47. The maximum atomic E-state index is 15.4. The molecule has 0 aromatic carbocycles. The Bertz CT molecular complexity index is 399. The van der Waals surface area contributed by atoms with Crippen molar-refractivity contribution in [3.8, 4) is 0 Å². The van der Waals surface area contributed by atoms with Crippen LogP contribution in [0.2, 0.25) is 23.2 Å². The van der Waals surface area contributed by atoms with Gasteiger partial charge in [-0.05, 0) is 12.0 Å². The van der Waals surface area contributed by atoms with Gasteiger partial charge in [-0.15, -0.1) is 0 Å². The number of hydrogen-bond donors (Lipinski definition) is 0. The van der Waals surface area contributed by atoms with E-state index in [-0.39, 0.29) is 10.5 Å². The van der Waals surface area contributed by atoms with Crippen molar-refractivity contribution in [1.29, 1.82) is 0 Å². The second-order valence-corrected chi connectivity index (χ2v) is 18.3. The molecule has 0 bridgehead atoms. The van der Waals surface area contributed by atoms with Crippen LogP contribution in [0.25, 0.3) is 0 Å². The van der Waals surface area contributed by atoms with E-state index < -0.39 is 22.2 Å². The van der Waals surface area contributed by atoms with Crippen molar-refractivity contribution in [2.24, 2.45) is 10.5 Å². The molecule has 0 aliphatic heterocycles. The molecular formula is C16H36F2N2Si2. The highest BCUT2D eigenvalue weighted by Gasteiger charge is 2.61. The number of hydrogen-bond acceptors (Lipinski definition) is 2. The van der Waals surface area contributed by atoms with Crippen LogP contribution in [-0.2, 0) is 0 Å². The van der Waals surface area contributed by atoms with Gasteiger partial charge < -0.3 is 0 Å². The summed E-state index contributed by atoms with van der Waals surface area (Å²) in [6, 6.07) is 0. The van der Waals surface area contributed by atoms with Crippen LogP contribution in [0.1, 0.15) is 69.2 Å². The Balaban J connectivity index is 6.29. The molecule has 0 saturated heterocycles. The van der Waals surface area contributed by atoms with E-state index in [4.69, 9.17) is 0 Å². The average molecular weight is 351 g/mol. The van der Waals surface area contributed by atoms with Gasteiger partial charge in [-0.1, -0.05) is 75.4 Å². The molecule has 0 unspecified atom stereocenters. The molecular weight excluding hydrogens is 314 g/mol. The molecule has 0 rings (SSSR count). The first-order valence-electron chi connectivity index (χ1n) is 8.00. The summed E-state index contributed by atoms with van der Waals surface area (Å²) in [4.78, 5) is 0. The van der Waals surface area contributed by atoms with E-state index in [1.165, 1.54) is 4.34 Å². The molecule has 0 aromatic heterocycles. The van der Waals surface area contributed by atoms with E-state index in [9.17, 15) is 0 Å². The first kappa shape index (κ1) is 21.8. The Morgan fingerprint density at radius 1 is 0.818 bits per heavy atom. The van der Waals surface area contributed by atoms with Crippen molar-refractivity contribution in [3.05, 3.63) is 0 Å². The average Bonchev–Trinajstić information content (AvgIpc) is 2.19. The van der Waals surface area contributed by atoms with E-state index in [1.54, 1.807) is 20.8 Å². The van der Waals surface area contributed by atoms with Crippen LogP contribution in [0.15, 0.2) is 5.10 Å². The van der Waals surface area contributed by atoms with Crippen molar-refractivity contribution in [3.63, 3.8) is 0 Å². The van der Waals surface area contributed by atoms with Crippen LogP contribution in [0.3, 0.4) is 0 Å². The Kier molecular flexibility index (Phi) is 5.94. The van der Waals surface area contributed by atoms with Gasteiger partial charge in [0.2, 0.25) is 0 Å². The first-order valence-corrected chi connectivity index (χ1v) is 12.6. The van der Waals surface area contributed by atoms with E-state index in [2.05, 4.69) is 25.9 Å². The largest absolute Gasteiger partial charge is 0.549 e. The topological polar surface area (TPSA) is 15.6 Å². The van der Waals surface area contributed by atoms with Gasteiger partial charge in [-0.25, -0.2) is 8.22 Å². The van der Waals surface area contributed by atoms with Crippen LogP contribution < -0.4 is 0 Å². The van der Waals surface area contributed by atoms with E-state index in [0.717, 1.165) is 5.71 Å². The Hall–Kier alpha value is -0.236. The minimum atomic E-state index is -4.71. The molecule has 0 amide bonds. The van der Waals surface area contributed by atoms with Crippen molar-refractivity contribution in [2.45, 2.75) is 92.4 Å². The summed E-state index contributed by atoms with van der Waals surface area (Å²) in [7, 11) is -7.18. The van der Waals surface area contributed by atoms with Gasteiger partial charge in [0.05, 0.1) is 0 Å². The number of nitrogens with zero attached hydrogens (tertiary/aromatic N) is 2. The van der Waals surface area contributed by atoms with Crippen LogP contribution in [0.4, 0.5) is 8.22 Å². The summed E-state index contributed by atoms with van der Waals surface area (Å²) in [5.41, 5.74) is 0.567. The number of rotatable bonds is 3. The Morgan fingerprint density at radius 2 is 1.18 bits per heavy atom. The van der Waals surface area contributed by atoms with Gasteiger partial charge in [-0.2, -0.15) is 5.10 Å². The molecule has 0 heterocycles. The standard InChI is InChI=1S/C16H36F2N2Si2/c1-13(14(2,3)4)19-20(21(11,12)15(5,6)7)22(17,18)16(8,9)10/h1-12H3/b19-13+. The lowest BCUT2D eigenvalue weighted by atomic mass is 9.91. The Labute approximate surface area is 138 Å². The summed E-state index contributed by atoms with van der Waals surface area (Å²) >= 11 is 0. The quantitative estimate of drug-likeness (QED) is 0.249. The number of hydrazone groups is 1. The molecule has 22 heavy (non-hydrogen) atoms. The summed E-state index contributed by atoms with van der Waals surface area (Å²) in [6.45, 7) is 23.0. The second-order valence-electron chi connectivity index (χ2n) is 9.85. The molecule has 0 aliphatic rings. The van der Waals surface area contributed by atoms with E-state index in [1.807, 2.05) is 40.8 Å². The van der Waals surface area contributed by atoms with Crippen molar-refractivity contribution < 1.29 is 8.22 Å². The van der Waals surface area contributed by atoms with Gasteiger partial charge >= 0.3 is 8.90 Å². The predicted octanol–water partition coefficient (Wildman–Crippen LogP) is 6.39. The Morgan fingerprint density at radius 3 is 1.41 bits per heavy atom. The molecule has 0 aromatic rings. The zero-order valence-electron chi connectivity index (χ0n) is 16.7. The minimum absolute atomic E-state index is 0.184. The smallest absolute Gasteiger partial charge is 0.297 e. The van der Waals surface area contributed by atoms with Crippen LogP contribution in [0, 0.1) is 5.41 Å². The highest BCUT2D eigenvalue weighted by Crippen LogP contribution is 2.48. The zero-order valence-corrected chi connectivity index (χ0v) is 18.7. The van der Waals surface area contributed by atoms with Crippen molar-refractivity contribution >= 4 is 22.9 Å². The van der Waals surface area contributed by atoms with Gasteiger partial charge in [0.25, 0.3) is 0 Å². The van der Waals surface area contributed by atoms with Crippen LogP contribution in [-0.4, -0.2) is 27.2 Å². The molecule has 0 fully saturated rings. The first-order chi connectivity index (χ1) is 9.26. The third-order valence-electron chi connectivity index (χ3n) is 4.87. The summed E-state index contributed by atoms with van der Waals surface area (Å²) in [6.07, 6.45) is 0. The third-order valence-corrected chi connectivity index (χ3v) is 14.7. The van der Waals surface area contributed by atoms with Crippen LogP contribution in [0.5, 0.6) is 0 Å². The van der Waals surface area contributed by atoms with Gasteiger partial charge in [-0.3, -0.25) is 4.34 Å². The molecule has 132 valence electrons. The molecule has 0 radical (unpaired) electrons. The molecule has 0 spiro atoms. The third kappa shape index (κ3) is 4.40. The zero-order chi connectivity index (χ0) is 18.4. The van der Waals surface area contributed by atoms with Crippen molar-refractivity contribution in [1.82, 2.24) is 4.34 Å². The van der Waals surface area contributed by atoms with Gasteiger partial charge in [0.15, 0.2) is 8.24 Å². The maximum Gasteiger partial charge on any atom is 0.549 e. The molecule has 0 atom stereocenters. The van der Waals surface area contributed by atoms with Gasteiger partial charge in [0.1, 0.15) is 0 Å². The lowest BCUT2D eigenvalue weighted by molar-refractivity contribution is 0.374. The lowest BCUT2D eigenvalue weighted by Crippen LogP contribution is -2.65. The summed E-state index contributed by atoms with van der Waals surface area (Å²) in [5, 5.41) is 3.33.